The number of para-hydroxylation sites is 2. The fourth-order valence-electron chi connectivity index (χ4n) is 4.58. The van der Waals surface area contributed by atoms with Gasteiger partial charge in [-0.3, -0.25) is 24.6 Å². The van der Waals surface area contributed by atoms with Crippen LogP contribution in [0.15, 0.2) is 42.5 Å². The molecule has 0 bridgehead atoms. The second-order valence-electron chi connectivity index (χ2n) is 8.37. The van der Waals surface area contributed by atoms with Crippen molar-refractivity contribution in [1.82, 2.24) is 0 Å². The Hall–Kier alpha value is -3.95. The maximum absolute atomic E-state index is 13.3. The van der Waals surface area contributed by atoms with Gasteiger partial charge in [0, 0.05) is 20.2 Å². The molecule has 2 aromatic carbocycles. The van der Waals surface area contributed by atoms with Crippen molar-refractivity contribution < 1.29 is 24.0 Å². The topological polar surface area (TPSA) is 122 Å². The number of ether oxygens (including phenoxy) is 1. The Balaban J connectivity index is 1.57. The molecular weight excluding hydrogens is 428 g/mol. The van der Waals surface area contributed by atoms with E-state index in [0.29, 0.717) is 29.9 Å². The minimum Gasteiger partial charge on any atom is -0.452 e. The summed E-state index contributed by atoms with van der Waals surface area (Å²) in [5, 5.41) is 14.3. The molecule has 0 saturated heterocycles. The van der Waals surface area contributed by atoms with E-state index in [1.807, 2.05) is 0 Å². The minimum atomic E-state index is -1.01. The van der Waals surface area contributed by atoms with Gasteiger partial charge in [0.1, 0.15) is 11.2 Å². The molecule has 1 aliphatic heterocycles. The van der Waals surface area contributed by atoms with Crippen molar-refractivity contribution in [3.8, 4) is 0 Å². The second-order valence-corrected chi connectivity index (χ2v) is 8.37. The lowest BCUT2D eigenvalue weighted by Gasteiger charge is -2.44. The van der Waals surface area contributed by atoms with Crippen molar-refractivity contribution in [1.29, 1.82) is 0 Å². The van der Waals surface area contributed by atoms with Gasteiger partial charge in [-0.25, -0.2) is 4.79 Å². The van der Waals surface area contributed by atoms with Crippen LogP contribution in [-0.2, 0) is 14.3 Å². The van der Waals surface area contributed by atoms with Gasteiger partial charge in [0.25, 0.3) is 17.5 Å². The van der Waals surface area contributed by atoms with Gasteiger partial charge < -0.3 is 15.0 Å². The number of hydrogen-bond donors (Lipinski definition) is 1. The molecule has 1 N–H and O–H groups in total. The Morgan fingerprint density at radius 3 is 2.55 bits per heavy atom. The van der Waals surface area contributed by atoms with Crippen LogP contribution in [0.25, 0.3) is 0 Å². The molecule has 2 aliphatic rings. The highest BCUT2D eigenvalue weighted by Crippen LogP contribution is 2.45. The number of nitrogens with zero attached hydrogens (tertiary/aromatic N) is 3. The first-order valence-electron chi connectivity index (χ1n) is 10.6. The van der Waals surface area contributed by atoms with E-state index in [0.717, 1.165) is 18.9 Å². The van der Waals surface area contributed by atoms with Gasteiger partial charge in [-0.15, -0.1) is 0 Å². The number of nitro groups is 1. The van der Waals surface area contributed by atoms with Crippen molar-refractivity contribution in [2.24, 2.45) is 0 Å². The lowest BCUT2D eigenvalue weighted by molar-refractivity contribution is -0.384. The fourth-order valence-corrected chi connectivity index (χ4v) is 4.58. The number of rotatable bonds is 5. The lowest BCUT2D eigenvalue weighted by atomic mass is 9.90. The van der Waals surface area contributed by atoms with Crippen LogP contribution < -0.4 is 15.1 Å². The van der Waals surface area contributed by atoms with Gasteiger partial charge >= 0.3 is 5.97 Å². The van der Waals surface area contributed by atoms with Crippen LogP contribution in [0.5, 0.6) is 0 Å². The zero-order valence-corrected chi connectivity index (χ0v) is 18.4. The Morgan fingerprint density at radius 1 is 1.18 bits per heavy atom. The van der Waals surface area contributed by atoms with Crippen LogP contribution >= 0.6 is 0 Å². The SMILES string of the molecule is CN(C)c1ccc(C(=O)OCC(=O)N2c3ccccc3NC(=O)C23CCCC3)cc1[N+](=O)[O-]. The quantitative estimate of drug-likeness (QED) is 0.420. The molecule has 1 fully saturated rings. The molecule has 10 heteroatoms. The van der Waals surface area contributed by atoms with Gasteiger partial charge in [0.15, 0.2) is 6.61 Å². The van der Waals surface area contributed by atoms with Crippen LogP contribution in [0.3, 0.4) is 0 Å². The summed E-state index contributed by atoms with van der Waals surface area (Å²) in [5.74, 6) is -1.62. The molecular formula is C23H24N4O6. The van der Waals surface area contributed by atoms with Crippen molar-refractivity contribution in [2.75, 3.05) is 35.8 Å². The van der Waals surface area contributed by atoms with Crippen LogP contribution in [0.4, 0.5) is 22.7 Å². The molecule has 0 radical (unpaired) electrons. The number of esters is 1. The lowest BCUT2D eigenvalue weighted by Crippen LogP contribution is -2.61. The number of carbonyl (C=O) groups is 3. The number of fused-ring (bicyclic) bond motifs is 1. The molecule has 0 unspecified atom stereocenters. The molecule has 10 nitrogen and oxygen atoms in total. The smallest absolute Gasteiger partial charge is 0.338 e. The standard InChI is InChI=1S/C23H24N4O6/c1-25(2)18-10-9-15(13-19(18)27(31)32)21(29)33-14-20(28)26-17-8-4-3-7-16(17)24-22(30)23(26)11-5-6-12-23/h3-4,7-10,13H,5-6,11-12,14H2,1-2H3,(H,24,30). The van der Waals surface area contributed by atoms with Gasteiger partial charge in [-0.2, -0.15) is 0 Å². The molecule has 1 aliphatic carbocycles. The number of nitrogens with one attached hydrogen (secondary N) is 1. The maximum Gasteiger partial charge on any atom is 0.338 e. The van der Waals surface area contributed by atoms with Crippen LogP contribution in [0.2, 0.25) is 0 Å². The molecule has 0 aromatic heterocycles. The normalized spacial score (nSPS) is 16.2. The third kappa shape index (κ3) is 3.88. The highest BCUT2D eigenvalue weighted by Gasteiger charge is 2.52. The maximum atomic E-state index is 13.3. The minimum absolute atomic E-state index is 0.0348. The fraction of sp³-hybridized carbons (Fsp3) is 0.348. The summed E-state index contributed by atoms with van der Waals surface area (Å²) < 4.78 is 5.23. The Bertz CT molecular complexity index is 1140. The highest BCUT2D eigenvalue weighted by atomic mass is 16.6. The van der Waals surface area contributed by atoms with Crippen molar-refractivity contribution in [3.63, 3.8) is 0 Å². The summed E-state index contributed by atoms with van der Waals surface area (Å²) in [6, 6.07) is 11.0. The van der Waals surface area contributed by atoms with Crippen LogP contribution in [0.1, 0.15) is 36.0 Å². The molecule has 1 saturated carbocycles. The van der Waals surface area contributed by atoms with Gasteiger partial charge in [-0.1, -0.05) is 25.0 Å². The van der Waals surface area contributed by atoms with E-state index in [4.69, 9.17) is 4.74 Å². The van der Waals surface area contributed by atoms with E-state index in [1.54, 1.807) is 43.3 Å². The third-order valence-electron chi connectivity index (χ3n) is 6.14. The predicted molar refractivity (Wildman–Crippen MR) is 121 cm³/mol. The Morgan fingerprint density at radius 2 is 1.88 bits per heavy atom. The summed E-state index contributed by atoms with van der Waals surface area (Å²) in [5.41, 5.74) is 0.136. The van der Waals surface area contributed by atoms with Crippen LogP contribution in [-0.4, -0.2) is 48.9 Å². The summed E-state index contributed by atoms with van der Waals surface area (Å²) in [4.78, 5) is 52.7. The third-order valence-corrected chi connectivity index (χ3v) is 6.14. The Kier molecular flexibility index (Phi) is 5.75. The first-order chi connectivity index (χ1) is 15.7. The molecule has 0 atom stereocenters. The van der Waals surface area contributed by atoms with Crippen molar-refractivity contribution in [2.45, 2.75) is 31.2 Å². The van der Waals surface area contributed by atoms with E-state index in [1.165, 1.54) is 17.0 Å². The predicted octanol–water partition coefficient (Wildman–Crippen LogP) is 3.12. The molecule has 4 rings (SSSR count). The molecule has 1 spiro atoms. The number of hydrogen-bond acceptors (Lipinski definition) is 7. The summed E-state index contributed by atoms with van der Waals surface area (Å²) in [6.07, 6.45) is 2.65. The van der Waals surface area contributed by atoms with Gasteiger partial charge in [0.2, 0.25) is 0 Å². The average molecular weight is 452 g/mol. The molecule has 1 heterocycles. The average Bonchev–Trinajstić information content (AvgIpc) is 3.28. The zero-order chi connectivity index (χ0) is 23.8. The largest absolute Gasteiger partial charge is 0.452 e. The molecule has 2 amide bonds. The van der Waals surface area contributed by atoms with Gasteiger partial charge in [0.05, 0.1) is 21.9 Å². The second kappa shape index (κ2) is 8.53. The zero-order valence-electron chi connectivity index (χ0n) is 18.4. The van der Waals surface area contributed by atoms with E-state index in [9.17, 15) is 24.5 Å². The molecule has 33 heavy (non-hydrogen) atoms. The van der Waals surface area contributed by atoms with E-state index in [-0.39, 0.29) is 17.2 Å². The number of nitro benzene ring substituents is 1. The number of benzene rings is 2. The number of carbonyl (C=O) groups excluding carboxylic acids is 3. The van der Waals surface area contributed by atoms with Crippen LogP contribution in [0, 0.1) is 10.1 Å². The monoisotopic (exact) mass is 452 g/mol. The van der Waals surface area contributed by atoms with Gasteiger partial charge in [-0.05, 0) is 37.1 Å². The summed E-state index contributed by atoms with van der Waals surface area (Å²) in [7, 11) is 3.31. The highest BCUT2D eigenvalue weighted by molar-refractivity contribution is 6.15. The first-order valence-corrected chi connectivity index (χ1v) is 10.6. The number of anilines is 3. The summed E-state index contributed by atoms with van der Waals surface area (Å²) >= 11 is 0. The van der Waals surface area contributed by atoms with E-state index >= 15 is 0 Å². The first kappa shape index (κ1) is 22.3. The molecule has 172 valence electrons. The molecule has 2 aromatic rings. The Labute approximate surface area is 190 Å². The summed E-state index contributed by atoms with van der Waals surface area (Å²) in [6.45, 7) is -0.592. The van der Waals surface area contributed by atoms with E-state index < -0.39 is 28.9 Å². The van der Waals surface area contributed by atoms with E-state index in [2.05, 4.69) is 5.32 Å². The number of amides is 2. The van der Waals surface area contributed by atoms with Crippen molar-refractivity contribution >= 4 is 40.5 Å². The van der Waals surface area contributed by atoms with Crippen molar-refractivity contribution in [3.05, 3.63) is 58.1 Å².